The Morgan fingerprint density at radius 2 is 1.77 bits per heavy atom. The Morgan fingerprint density at radius 1 is 1.09 bits per heavy atom. The molecule has 0 unspecified atom stereocenters. The van der Waals surface area contributed by atoms with Gasteiger partial charge in [0.15, 0.2) is 5.78 Å². The molecular formula is C16H13Cl2NO2S. The topological polar surface area (TPSA) is 46.2 Å². The van der Waals surface area contributed by atoms with E-state index in [-0.39, 0.29) is 17.4 Å². The van der Waals surface area contributed by atoms with Crippen LogP contribution in [-0.4, -0.2) is 17.4 Å². The molecule has 0 aromatic heterocycles. The molecule has 0 radical (unpaired) electrons. The molecule has 1 amide bonds. The minimum Gasteiger partial charge on any atom is -0.325 e. The maximum atomic E-state index is 11.9. The van der Waals surface area contributed by atoms with E-state index in [1.54, 1.807) is 42.5 Å². The van der Waals surface area contributed by atoms with Crippen molar-refractivity contribution in [2.45, 2.75) is 11.8 Å². The van der Waals surface area contributed by atoms with Gasteiger partial charge in [-0.25, -0.2) is 0 Å². The van der Waals surface area contributed by atoms with Crippen LogP contribution in [0.1, 0.15) is 17.3 Å². The molecule has 0 atom stereocenters. The highest BCUT2D eigenvalue weighted by Gasteiger charge is 2.07. The zero-order valence-corrected chi connectivity index (χ0v) is 14.1. The smallest absolute Gasteiger partial charge is 0.234 e. The van der Waals surface area contributed by atoms with E-state index in [0.29, 0.717) is 21.3 Å². The van der Waals surface area contributed by atoms with Crippen LogP contribution in [0.3, 0.4) is 0 Å². The van der Waals surface area contributed by atoms with Gasteiger partial charge in [0, 0.05) is 21.2 Å². The van der Waals surface area contributed by atoms with Crippen molar-refractivity contribution in [3.63, 3.8) is 0 Å². The molecule has 0 saturated carbocycles. The second kappa shape index (κ2) is 7.68. The van der Waals surface area contributed by atoms with Crippen molar-refractivity contribution in [3.8, 4) is 0 Å². The van der Waals surface area contributed by atoms with Crippen LogP contribution in [0.4, 0.5) is 5.69 Å². The van der Waals surface area contributed by atoms with Crippen molar-refractivity contribution < 1.29 is 9.59 Å². The lowest BCUT2D eigenvalue weighted by Gasteiger charge is -2.07. The molecule has 0 aliphatic carbocycles. The molecule has 0 bridgehead atoms. The number of benzene rings is 2. The summed E-state index contributed by atoms with van der Waals surface area (Å²) in [4.78, 5) is 23.9. The summed E-state index contributed by atoms with van der Waals surface area (Å²) < 4.78 is 0. The summed E-state index contributed by atoms with van der Waals surface area (Å²) in [6, 6.07) is 11.9. The number of ketones is 1. The van der Waals surface area contributed by atoms with Crippen LogP contribution in [0.2, 0.25) is 10.0 Å². The third-order valence-corrected chi connectivity index (χ3v) is 4.56. The number of anilines is 1. The highest BCUT2D eigenvalue weighted by atomic mass is 35.5. The second-order valence-corrected chi connectivity index (χ2v) is 6.41. The molecule has 0 aliphatic heterocycles. The van der Waals surface area contributed by atoms with E-state index in [1.165, 1.54) is 18.7 Å². The van der Waals surface area contributed by atoms with Crippen molar-refractivity contribution >= 4 is 52.3 Å². The first-order valence-electron chi connectivity index (χ1n) is 6.44. The molecule has 1 N–H and O–H groups in total. The molecule has 0 fully saturated rings. The first-order chi connectivity index (χ1) is 10.5. The van der Waals surface area contributed by atoms with Crippen LogP contribution >= 0.6 is 35.0 Å². The summed E-state index contributed by atoms with van der Waals surface area (Å²) in [5.41, 5.74) is 1.26. The van der Waals surface area contributed by atoms with Gasteiger partial charge in [0.05, 0.1) is 10.8 Å². The highest BCUT2D eigenvalue weighted by molar-refractivity contribution is 8.00. The van der Waals surface area contributed by atoms with E-state index in [4.69, 9.17) is 23.2 Å². The number of carbonyl (C=O) groups excluding carboxylic acids is 2. The van der Waals surface area contributed by atoms with Crippen molar-refractivity contribution in [3.05, 3.63) is 58.1 Å². The molecule has 2 rings (SSSR count). The molecule has 6 heteroatoms. The van der Waals surface area contributed by atoms with Gasteiger partial charge in [-0.1, -0.05) is 23.2 Å². The molecule has 2 aromatic carbocycles. The normalized spacial score (nSPS) is 10.3. The van der Waals surface area contributed by atoms with E-state index in [2.05, 4.69) is 5.32 Å². The molecule has 0 saturated heterocycles. The Kier molecular flexibility index (Phi) is 5.89. The number of amides is 1. The van der Waals surface area contributed by atoms with Crippen LogP contribution in [-0.2, 0) is 4.79 Å². The van der Waals surface area contributed by atoms with Gasteiger partial charge in [-0.15, -0.1) is 11.8 Å². The predicted octanol–water partition coefficient (Wildman–Crippen LogP) is 4.93. The molecular weight excluding hydrogens is 341 g/mol. The average molecular weight is 354 g/mol. The van der Waals surface area contributed by atoms with Crippen molar-refractivity contribution in [1.82, 2.24) is 0 Å². The summed E-state index contributed by atoms with van der Waals surface area (Å²) in [5.74, 6) is 0.0507. The number of thioether (sulfide) groups is 1. The lowest BCUT2D eigenvalue weighted by atomic mass is 10.1. The van der Waals surface area contributed by atoms with E-state index in [1.807, 2.05) is 0 Å². The van der Waals surface area contributed by atoms with Gasteiger partial charge in [0.25, 0.3) is 0 Å². The fraction of sp³-hybridized carbons (Fsp3) is 0.125. The van der Waals surface area contributed by atoms with Gasteiger partial charge in [0.1, 0.15) is 0 Å². The van der Waals surface area contributed by atoms with E-state index >= 15 is 0 Å². The minimum atomic E-state index is -0.156. The van der Waals surface area contributed by atoms with E-state index in [9.17, 15) is 9.59 Å². The standard InChI is InChI=1S/C16H13Cl2NO2S/c1-10(20)11-2-5-13(6-3-11)19-16(21)9-22-15-8-12(17)4-7-14(15)18/h2-8H,9H2,1H3,(H,19,21). The summed E-state index contributed by atoms with van der Waals surface area (Å²) in [7, 11) is 0. The number of carbonyl (C=O) groups is 2. The summed E-state index contributed by atoms with van der Waals surface area (Å²) in [6.07, 6.45) is 0. The van der Waals surface area contributed by atoms with Gasteiger partial charge >= 0.3 is 0 Å². The lowest BCUT2D eigenvalue weighted by molar-refractivity contribution is -0.113. The number of hydrogen-bond donors (Lipinski definition) is 1. The largest absolute Gasteiger partial charge is 0.325 e. The maximum absolute atomic E-state index is 11.9. The van der Waals surface area contributed by atoms with Crippen molar-refractivity contribution in [1.29, 1.82) is 0 Å². The molecule has 0 spiro atoms. The van der Waals surface area contributed by atoms with Crippen molar-refractivity contribution in [2.24, 2.45) is 0 Å². The Balaban J connectivity index is 1.92. The van der Waals surface area contributed by atoms with Crippen LogP contribution < -0.4 is 5.32 Å². The fourth-order valence-electron chi connectivity index (χ4n) is 1.72. The monoisotopic (exact) mass is 353 g/mol. The Bertz CT molecular complexity index is 702. The summed E-state index contributed by atoms with van der Waals surface area (Å²) in [6.45, 7) is 1.50. The molecule has 0 aliphatic rings. The number of nitrogens with one attached hydrogen (secondary N) is 1. The van der Waals surface area contributed by atoms with Gasteiger partial charge in [0.2, 0.25) is 5.91 Å². The SMILES string of the molecule is CC(=O)c1ccc(NC(=O)CSc2cc(Cl)ccc2Cl)cc1. The Labute approximate surface area is 143 Å². The van der Waals surface area contributed by atoms with Crippen LogP contribution in [0.15, 0.2) is 47.4 Å². The van der Waals surface area contributed by atoms with Crippen LogP contribution in [0, 0.1) is 0 Å². The number of Topliss-reactive ketones (excluding diaryl/α,β-unsaturated/α-hetero) is 1. The minimum absolute atomic E-state index is 0.0102. The number of hydrogen-bond acceptors (Lipinski definition) is 3. The molecule has 2 aromatic rings. The van der Waals surface area contributed by atoms with Gasteiger partial charge in [-0.2, -0.15) is 0 Å². The predicted molar refractivity (Wildman–Crippen MR) is 92.3 cm³/mol. The third-order valence-electron chi connectivity index (χ3n) is 2.83. The average Bonchev–Trinajstić information content (AvgIpc) is 2.49. The summed E-state index contributed by atoms with van der Waals surface area (Å²) in [5, 5.41) is 3.90. The molecule has 22 heavy (non-hydrogen) atoms. The molecule has 114 valence electrons. The second-order valence-electron chi connectivity index (χ2n) is 4.55. The Morgan fingerprint density at radius 3 is 2.41 bits per heavy atom. The lowest BCUT2D eigenvalue weighted by Crippen LogP contribution is -2.14. The molecule has 0 heterocycles. The van der Waals surface area contributed by atoms with Gasteiger partial charge in [-0.05, 0) is 49.4 Å². The number of halogens is 2. The Hall–Kier alpha value is -1.49. The highest BCUT2D eigenvalue weighted by Crippen LogP contribution is 2.29. The quantitative estimate of drug-likeness (QED) is 0.612. The van der Waals surface area contributed by atoms with Crippen molar-refractivity contribution in [2.75, 3.05) is 11.1 Å². The van der Waals surface area contributed by atoms with Crippen LogP contribution in [0.5, 0.6) is 0 Å². The number of rotatable bonds is 5. The first kappa shape index (κ1) is 16.9. The van der Waals surface area contributed by atoms with Gasteiger partial charge in [-0.3, -0.25) is 9.59 Å². The zero-order valence-electron chi connectivity index (χ0n) is 11.7. The fourth-order valence-corrected chi connectivity index (χ4v) is 3.01. The molecule has 3 nitrogen and oxygen atoms in total. The van der Waals surface area contributed by atoms with E-state index < -0.39 is 0 Å². The third kappa shape index (κ3) is 4.77. The first-order valence-corrected chi connectivity index (χ1v) is 8.18. The maximum Gasteiger partial charge on any atom is 0.234 e. The van der Waals surface area contributed by atoms with Crippen LogP contribution in [0.25, 0.3) is 0 Å². The summed E-state index contributed by atoms with van der Waals surface area (Å²) >= 11 is 13.3. The van der Waals surface area contributed by atoms with Gasteiger partial charge < -0.3 is 5.32 Å². The zero-order chi connectivity index (χ0) is 16.1. The van der Waals surface area contributed by atoms with E-state index in [0.717, 1.165) is 4.90 Å².